The number of phenols is 1. The van der Waals surface area contributed by atoms with Gasteiger partial charge in [0.25, 0.3) is 0 Å². The molecule has 5 heteroatoms. The molecule has 0 aliphatic heterocycles. The molecule has 82 heavy (non-hydrogen) atoms. The van der Waals surface area contributed by atoms with Crippen molar-refractivity contribution in [3.63, 3.8) is 0 Å². The summed E-state index contributed by atoms with van der Waals surface area (Å²) in [4.78, 5) is 5.23. The second kappa shape index (κ2) is 34.0. The van der Waals surface area contributed by atoms with Crippen molar-refractivity contribution < 1.29 is 5.11 Å². The fraction of sp³-hybridized carbons (Fsp3) is 0.169. The summed E-state index contributed by atoms with van der Waals surface area (Å²) in [5.74, 6) is 0.119. The van der Waals surface area contributed by atoms with Crippen molar-refractivity contribution in [2.45, 2.75) is 89.5 Å². The minimum atomic E-state index is 0.119. The van der Waals surface area contributed by atoms with E-state index in [0.29, 0.717) is 11.4 Å². The molecule has 0 spiro atoms. The summed E-state index contributed by atoms with van der Waals surface area (Å²) in [5, 5.41) is 16.2. The average molecular weight is 1120 g/mol. The van der Waals surface area contributed by atoms with Gasteiger partial charge in [-0.15, -0.1) is 22.7 Å². The summed E-state index contributed by atoms with van der Waals surface area (Å²) in [5.41, 5.74) is 15.2. The monoisotopic (exact) mass is 1120 g/mol. The molecule has 1 N–H and O–H groups in total. The fourth-order valence-corrected chi connectivity index (χ4v) is 11.6. The topological polar surface area (TPSA) is 26.7 Å². The molecule has 0 saturated carbocycles. The van der Waals surface area contributed by atoms with Gasteiger partial charge in [-0.3, -0.25) is 0 Å². The number of thiophene rings is 2. The first kappa shape index (κ1) is 66.0. The van der Waals surface area contributed by atoms with Crippen LogP contribution in [0.25, 0.3) is 64.7 Å². The standard InChI is InChI=1S/C54H40N2OS2.C15H22.4C2H6/c1-5-17-38(6-2)55(39-18-10-9-11-19-39)48-25-16-26-49(52(48)57)56(40-32-28-36(29-33-40)43-21-14-23-46-42(7-3)50(8-4)58-53(43)46)41-34-30-37(31-35-41)44-22-15-24-47-45-20-12-13-27-51(45)59-54(44)47;1-7-9-11-13(5)15(10-8-2)14(6)12(3)4;4*1-2/h5-35,57H,1-4H2;8-11H,2,5,7H2,1,3-4,6H3;4*1-2H3/b38-17+;11-9-,15-10-;;;;. The van der Waals surface area contributed by atoms with E-state index in [1.807, 2.05) is 151 Å². The number of rotatable bonds is 17. The van der Waals surface area contributed by atoms with E-state index in [0.717, 1.165) is 61.9 Å². The molecule has 9 aromatic rings. The van der Waals surface area contributed by atoms with Crippen LogP contribution < -0.4 is 9.80 Å². The summed E-state index contributed by atoms with van der Waals surface area (Å²) >= 11 is 3.56. The molecule has 0 amide bonds. The van der Waals surface area contributed by atoms with Gasteiger partial charge in [0, 0.05) is 57.9 Å². The lowest BCUT2D eigenvalue weighted by Crippen LogP contribution is -2.16. The van der Waals surface area contributed by atoms with Crippen LogP contribution in [0.15, 0.2) is 268 Å². The molecular formula is C77H86N2OS2. The quantitative estimate of drug-likeness (QED) is 0.0921. The van der Waals surface area contributed by atoms with Gasteiger partial charge in [0.15, 0.2) is 5.75 Å². The van der Waals surface area contributed by atoms with Crippen LogP contribution in [0.1, 0.15) is 99.9 Å². The van der Waals surface area contributed by atoms with Crippen molar-refractivity contribution in [2.24, 2.45) is 0 Å². The first-order chi connectivity index (χ1) is 40.1. The zero-order valence-corrected chi connectivity index (χ0v) is 52.4. The zero-order chi connectivity index (χ0) is 60.3. The Hall–Kier alpha value is -8.48. The number of allylic oxidation sites excluding steroid dienone is 11. The molecule has 0 radical (unpaired) electrons. The van der Waals surface area contributed by atoms with Crippen LogP contribution in [0.3, 0.4) is 0 Å². The molecule has 0 atom stereocenters. The van der Waals surface area contributed by atoms with Crippen molar-refractivity contribution >= 4 is 93.5 Å². The number of aromatic hydroxyl groups is 1. The predicted octanol–water partition coefficient (Wildman–Crippen LogP) is 25.5. The molecule has 0 unspecified atom stereocenters. The van der Waals surface area contributed by atoms with Gasteiger partial charge in [0.2, 0.25) is 0 Å². The Balaban J connectivity index is 0.000000539. The maximum absolute atomic E-state index is 12.5. The summed E-state index contributed by atoms with van der Waals surface area (Å²) < 4.78 is 3.75. The van der Waals surface area contributed by atoms with Crippen LogP contribution in [0.2, 0.25) is 0 Å². The van der Waals surface area contributed by atoms with Crippen LogP contribution in [0.4, 0.5) is 28.4 Å². The maximum Gasteiger partial charge on any atom is 0.163 e. The number of fused-ring (bicyclic) bond motifs is 4. The van der Waals surface area contributed by atoms with Crippen molar-refractivity contribution in [3.8, 4) is 28.0 Å². The molecule has 0 fully saturated rings. The number of para-hydroxylation sites is 2. The van der Waals surface area contributed by atoms with Gasteiger partial charge in [-0.05, 0) is 138 Å². The van der Waals surface area contributed by atoms with Crippen molar-refractivity contribution in [1.82, 2.24) is 0 Å². The molecular weight excluding hydrogens is 1030 g/mol. The lowest BCUT2D eigenvalue weighted by molar-refractivity contribution is 0.477. The normalized spacial score (nSPS) is 10.7. The third-order valence-electron chi connectivity index (χ3n) is 13.0. The Labute approximate surface area is 501 Å². The van der Waals surface area contributed by atoms with E-state index >= 15 is 0 Å². The first-order valence-corrected chi connectivity index (χ1v) is 30.4. The molecule has 2 heterocycles. The number of phenolic OH excluding ortho intramolecular Hbond substituents is 1. The highest BCUT2D eigenvalue weighted by molar-refractivity contribution is 7.26. The molecule has 0 aliphatic carbocycles. The molecule has 422 valence electrons. The van der Waals surface area contributed by atoms with E-state index in [1.54, 1.807) is 23.5 Å². The van der Waals surface area contributed by atoms with Crippen molar-refractivity contribution in [2.75, 3.05) is 9.80 Å². The van der Waals surface area contributed by atoms with Crippen molar-refractivity contribution in [3.05, 3.63) is 278 Å². The zero-order valence-electron chi connectivity index (χ0n) is 50.8. The summed E-state index contributed by atoms with van der Waals surface area (Å²) in [6.07, 6.45) is 18.3. The van der Waals surface area contributed by atoms with E-state index in [-0.39, 0.29) is 5.75 Å². The van der Waals surface area contributed by atoms with E-state index in [9.17, 15) is 5.11 Å². The van der Waals surface area contributed by atoms with Crippen LogP contribution >= 0.6 is 22.7 Å². The van der Waals surface area contributed by atoms with Gasteiger partial charge in [0.05, 0.1) is 11.4 Å². The molecule has 2 aromatic heterocycles. The Bertz CT molecular complexity index is 3680. The van der Waals surface area contributed by atoms with E-state index in [2.05, 4.69) is 193 Å². The molecule has 0 aliphatic rings. The fourth-order valence-electron chi connectivity index (χ4n) is 9.18. The van der Waals surface area contributed by atoms with Gasteiger partial charge < -0.3 is 14.9 Å². The smallest absolute Gasteiger partial charge is 0.163 e. The number of nitrogens with zero attached hydrogens (tertiary/aromatic N) is 2. The second-order valence-electron chi connectivity index (χ2n) is 17.8. The number of anilines is 5. The predicted molar refractivity (Wildman–Crippen MR) is 375 cm³/mol. The number of hydrogen-bond donors (Lipinski definition) is 1. The van der Waals surface area contributed by atoms with Crippen LogP contribution in [0, 0.1) is 0 Å². The van der Waals surface area contributed by atoms with Crippen LogP contribution in [0.5, 0.6) is 5.75 Å². The minimum absolute atomic E-state index is 0.119. The SMILES string of the molecule is C=C/C=C(/C(=C)/C=C\CC)C(C)=C(C)C.C=C/C=C(\C=C)N(c1ccccc1)c1cccc(N(c2ccc(-c3cccc4c(C=C)c(C=C)sc34)cc2)c2ccc(-c3cccc4c3sc3ccccc34)cc2)c1O.CC.CC.CC.CC. The third-order valence-corrected chi connectivity index (χ3v) is 15.5. The average Bonchev–Trinajstić information content (AvgIpc) is 4.31. The van der Waals surface area contributed by atoms with Gasteiger partial charge in [-0.25, -0.2) is 0 Å². The highest BCUT2D eigenvalue weighted by Crippen LogP contribution is 2.48. The van der Waals surface area contributed by atoms with Gasteiger partial charge in [-0.1, -0.05) is 253 Å². The van der Waals surface area contributed by atoms with Gasteiger partial charge >= 0.3 is 0 Å². The van der Waals surface area contributed by atoms with Gasteiger partial charge in [-0.2, -0.15) is 0 Å². The number of hydrogen-bond acceptors (Lipinski definition) is 5. The Kier molecular flexibility index (Phi) is 27.3. The molecule has 0 bridgehead atoms. The molecule has 9 rings (SSSR count). The lowest BCUT2D eigenvalue weighted by Gasteiger charge is -2.31. The second-order valence-corrected chi connectivity index (χ2v) is 19.9. The van der Waals surface area contributed by atoms with Crippen molar-refractivity contribution in [1.29, 1.82) is 0 Å². The Morgan fingerprint density at radius 1 is 0.524 bits per heavy atom. The summed E-state index contributed by atoms with van der Waals surface area (Å²) in [7, 11) is 0. The first-order valence-electron chi connectivity index (χ1n) is 28.7. The third kappa shape index (κ3) is 15.3. The number of benzene rings is 7. The summed E-state index contributed by atoms with van der Waals surface area (Å²) in [6, 6.07) is 54.7. The van der Waals surface area contributed by atoms with E-state index in [4.69, 9.17) is 0 Å². The van der Waals surface area contributed by atoms with E-state index in [1.165, 1.54) is 52.5 Å². The summed E-state index contributed by atoms with van der Waals surface area (Å²) in [6.45, 7) is 48.5. The Morgan fingerprint density at radius 2 is 1.04 bits per heavy atom. The maximum atomic E-state index is 12.5. The van der Waals surface area contributed by atoms with Crippen LogP contribution in [-0.2, 0) is 0 Å². The molecule has 7 aromatic carbocycles. The molecule has 0 saturated heterocycles. The van der Waals surface area contributed by atoms with E-state index < -0.39 is 0 Å². The highest BCUT2D eigenvalue weighted by atomic mass is 32.1. The highest BCUT2D eigenvalue weighted by Gasteiger charge is 2.24. The molecule has 3 nitrogen and oxygen atoms in total. The van der Waals surface area contributed by atoms with Crippen LogP contribution in [-0.4, -0.2) is 5.11 Å². The minimum Gasteiger partial charge on any atom is -0.504 e. The van der Waals surface area contributed by atoms with Gasteiger partial charge in [0.1, 0.15) is 0 Å². The lowest BCUT2D eigenvalue weighted by atomic mass is 9.96. The largest absolute Gasteiger partial charge is 0.504 e. The Morgan fingerprint density at radius 3 is 1.56 bits per heavy atom.